The summed E-state index contributed by atoms with van der Waals surface area (Å²) in [6.45, 7) is 4.51. The van der Waals surface area contributed by atoms with Crippen LogP contribution in [0.15, 0.2) is 41.3 Å². The Morgan fingerprint density at radius 2 is 2.07 bits per heavy atom. The number of fused-ring (bicyclic) bond motifs is 1. The monoisotopic (exact) mass is 384 g/mol. The maximum absolute atomic E-state index is 12.4. The molecule has 0 saturated carbocycles. The molecule has 8 heteroatoms. The first-order chi connectivity index (χ1) is 13.4. The van der Waals surface area contributed by atoms with Gasteiger partial charge in [-0.15, -0.1) is 0 Å². The molecule has 0 aliphatic heterocycles. The van der Waals surface area contributed by atoms with Gasteiger partial charge in [-0.2, -0.15) is 0 Å². The highest BCUT2D eigenvalue weighted by Gasteiger charge is 2.18. The summed E-state index contributed by atoms with van der Waals surface area (Å²) in [4.78, 5) is 31.0. The standard InChI is InChI=1S/C20H24N4O4/c1-4-28-20(27)17-11-21-24-18(26)10-15(22-19(17)24)12-23(3)13(2)9-14-5-7-16(25)8-6-14/h5-8,10-11,13,21,25H,4,9,12H2,1-3H3. The van der Waals surface area contributed by atoms with E-state index in [-0.39, 0.29) is 35.2 Å². The summed E-state index contributed by atoms with van der Waals surface area (Å²) >= 11 is 0. The fourth-order valence-corrected chi connectivity index (χ4v) is 3.01. The fraction of sp³-hybridized carbons (Fsp3) is 0.350. The topological polar surface area (TPSA) is 99.9 Å². The van der Waals surface area contributed by atoms with E-state index >= 15 is 0 Å². The largest absolute Gasteiger partial charge is 0.508 e. The van der Waals surface area contributed by atoms with Gasteiger partial charge in [-0.1, -0.05) is 12.1 Å². The molecule has 2 heterocycles. The summed E-state index contributed by atoms with van der Waals surface area (Å²) in [6, 6.07) is 8.76. The number of aromatic hydroxyl groups is 1. The van der Waals surface area contributed by atoms with Gasteiger partial charge in [0.25, 0.3) is 5.56 Å². The summed E-state index contributed by atoms with van der Waals surface area (Å²) < 4.78 is 6.26. The van der Waals surface area contributed by atoms with Crippen LogP contribution in [0.5, 0.6) is 5.75 Å². The first-order valence-corrected chi connectivity index (χ1v) is 9.14. The van der Waals surface area contributed by atoms with Gasteiger partial charge < -0.3 is 9.84 Å². The fourth-order valence-electron chi connectivity index (χ4n) is 3.01. The van der Waals surface area contributed by atoms with Crippen LogP contribution in [0.1, 0.15) is 35.5 Å². The lowest BCUT2D eigenvalue weighted by molar-refractivity contribution is 0.0528. The molecule has 3 aromatic rings. The van der Waals surface area contributed by atoms with Crippen LogP contribution in [-0.4, -0.2) is 50.3 Å². The zero-order chi connectivity index (χ0) is 20.3. The third kappa shape index (κ3) is 4.23. The van der Waals surface area contributed by atoms with Crippen LogP contribution < -0.4 is 5.56 Å². The number of likely N-dealkylation sites (N-methyl/N-ethyl adjacent to an activating group) is 1. The molecule has 0 aliphatic carbocycles. The van der Waals surface area contributed by atoms with E-state index in [4.69, 9.17) is 4.74 Å². The number of phenols is 1. The number of hydrogen-bond acceptors (Lipinski definition) is 6. The second-order valence-electron chi connectivity index (χ2n) is 6.79. The van der Waals surface area contributed by atoms with E-state index in [1.54, 1.807) is 19.1 Å². The number of hydrogen-bond donors (Lipinski definition) is 2. The van der Waals surface area contributed by atoms with Crippen LogP contribution in [0.25, 0.3) is 5.65 Å². The third-order valence-electron chi connectivity index (χ3n) is 4.68. The molecule has 0 amide bonds. The van der Waals surface area contributed by atoms with Gasteiger partial charge in [-0.05, 0) is 45.0 Å². The predicted octanol–water partition coefficient (Wildman–Crippen LogP) is 1.97. The number of aromatic nitrogens is 3. The van der Waals surface area contributed by atoms with Crippen molar-refractivity contribution in [2.75, 3.05) is 13.7 Å². The lowest BCUT2D eigenvalue weighted by Gasteiger charge is -2.24. The summed E-state index contributed by atoms with van der Waals surface area (Å²) in [5.41, 5.74) is 1.90. The quantitative estimate of drug-likeness (QED) is 0.604. The Bertz CT molecular complexity index is 1020. The molecule has 2 aromatic heterocycles. The minimum Gasteiger partial charge on any atom is -0.508 e. The summed E-state index contributed by atoms with van der Waals surface area (Å²) in [5, 5.41) is 12.1. The molecular weight excluding hydrogens is 360 g/mol. The summed E-state index contributed by atoms with van der Waals surface area (Å²) in [6.07, 6.45) is 2.22. The SMILES string of the molecule is CCOC(=O)c1c[nH]n2c(=O)cc(CN(C)C(C)Cc3ccc(O)cc3)nc12. The number of ether oxygens (including phenoxy) is 1. The van der Waals surface area contributed by atoms with Crippen molar-refractivity contribution >= 4 is 11.6 Å². The zero-order valence-electron chi connectivity index (χ0n) is 16.2. The highest BCUT2D eigenvalue weighted by atomic mass is 16.5. The van der Waals surface area contributed by atoms with Crippen molar-refractivity contribution in [2.45, 2.75) is 32.9 Å². The zero-order valence-corrected chi connectivity index (χ0v) is 16.2. The molecule has 0 fully saturated rings. The maximum atomic E-state index is 12.4. The van der Waals surface area contributed by atoms with Gasteiger partial charge in [-0.3, -0.25) is 14.8 Å². The number of nitrogens with one attached hydrogen (secondary N) is 1. The van der Waals surface area contributed by atoms with Crippen molar-refractivity contribution in [1.29, 1.82) is 0 Å². The minimum absolute atomic E-state index is 0.181. The van der Waals surface area contributed by atoms with Crippen LogP contribution in [-0.2, 0) is 17.7 Å². The number of esters is 1. The Kier molecular flexibility index (Phi) is 5.79. The number of H-pyrrole nitrogens is 1. The molecule has 0 aliphatic rings. The van der Waals surface area contributed by atoms with Crippen molar-refractivity contribution in [1.82, 2.24) is 19.5 Å². The lowest BCUT2D eigenvalue weighted by Crippen LogP contribution is -2.31. The molecule has 0 saturated heterocycles. The average Bonchev–Trinajstić information content (AvgIpc) is 3.08. The Balaban J connectivity index is 1.79. The Morgan fingerprint density at radius 1 is 1.36 bits per heavy atom. The average molecular weight is 384 g/mol. The molecule has 148 valence electrons. The molecule has 3 rings (SSSR count). The van der Waals surface area contributed by atoms with E-state index < -0.39 is 5.97 Å². The normalized spacial score (nSPS) is 12.4. The molecule has 1 aromatic carbocycles. The van der Waals surface area contributed by atoms with E-state index in [0.29, 0.717) is 12.2 Å². The second kappa shape index (κ2) is 8.26. The molecule has 28 heavy (non-hydrogen) atoms. The molecule has 0 bridgehead atoms. The number of benzene rings is 1. The third-order valence-corrected chi connectivity index (χ3v) is 4.68. The van der Waals surface area contributed by atoms with Crippen LogP contribution in [0.4, 0.5) is 0 Å². The number of carbonyl (C=O) groups is 1. The van der Waals surface area contributed by atoms with E-state index in [0.717, 1.165) is 12.0 Å². The van der Waals surface area contributed by atoms with Gasteiger partial charge >= 0.3 is 5.97 Å². The number of rotatable bonds is 7. The Hall–Kier alpha value is -3.13. The molecule has 1 unspecified atom stereocenters. The number of aromatic amines is 1. The van der Waals surface area contributed by atoms with Gasteiger partial charge in [0, 0.05) is 24.8 Å². The van der Waals surface area contributed by atoms with Gasteiger partial charge in [-0.25, -0.2) is 14.3 Å². The van der Waals surface area contributed by atoms with E-state index in [9.17, 15) is 14.7 Å². The van der Waals surface area contributed by atoms with E-state index in [2.05, 4.69) is 21.9 Å². The van der Waals surface area contributed by atoms with Gasteiger partial charge in [0.1, 0.15) is 11.3 Å². The molecule has 0 spiro atoms. The van der Waals surface area contributed by atoms with Crippen molar-refractivity contribution in [3.8, 4) is 5.75 Å². The lowest BCUT2D eigenvalue weighted by atomic mass is 10.1. The molecule has 1 atom stereocenters. The maximum Gasteiger partial charge on any atom is 0.343 e. The van der Waals surface area contributed by atoms with Gasteiger partial charge in [0.05, 0.1) is 12.3 Å². The van der Waals surface area contributed by atoms with E-state index in [1.165, 1.54) is 16.8 Å². The summed E-state index contributed by atoms with van der Waals surface area (Å²) in [7, 11) is 1.96. The van der Waals surface area contributed by atoms with Gasteiger partial charge in [0.15, 0.2) is 5.65 Å². The Morgan fingerprint density at radius 3 is 2.75 bits per heavy atom. The second-order valence-corrected chi connectivity index (χ2v) is 6.79. The first kappa shape index (κ1) is 19.6. The van der Waals surface area contributed by atoms with Crippen molar-refractivity contribution in [2.24, 2.45) is 0 Å². The first-order valence-electron chi connectivity index (χ1n) is 9.14. The van der Waals surface area contributed by atoms with E-state index in [1.807, 2.05) is 19.2 Å². The van der Waals surface area contributed by atoms with Crippen LogP contribution >= 0.6 is 0 Å². The van der Waals surface area contributed by atoms with Gasteiger partial charge in [0.2, 0.25) is 0 Å². The molecule has 2 N–H and O–H groups in total. The highest BCUT2D eigenvalue weighted by molar-refractivity contribution is 5.95. The smallest absolute Gasteiger partial charge is 0.343 e. The summed E-state index contributed by atoms with van der Waals surface area (Å²) in [5.74, 6) is -0.272. The molecular formula is C20H24N4O4. The van der Waals surface area contributed by atoms with Crippen LogP contribution in [0.3, 0.4) is 0 Å². The van der Waals surface area contributed by atoms with Crippen molar-refractivity contribution in [3.63, 3.8) is 0 Å². The predicted molar refractivity (Wildman–Crippen MR) is 105 cm³/mol. The highest BCUT2D eigenvalue weighted by Crippen LogP contribution is 2.15. The van der Waals surface area contributed by atoms with Crippen LogP contribution in [0.2, 0.25) is 0 Å². The minimum atomic E-state index is -0.514. The van der Waals surface area contributed by atoms with Crippen molar-refractivity contribution in [3.05, 3.63) is 63.7 Å². The number of carbonyl (C=O) groups excluding carboxylic acids is 1. The number of nitrogens with zero attached hydrogens (tertiary/aromatic N) is 3. The van der Waals surface area contributed by atoms with Crippen molar-refractivity contribution < 1.29 is 14.6 Å². The van der Waals surface area contributed by atoms with Crippen LogP contribution in [0, 0.1) is 0 Å². The number of phenolic OH excluding ortho intramolecular Hbond substituents is 1. The Labute approximate surface area is 162 Å². The molecule has 0 radical (unpaired) electrons. The molecule has 8 nitrogen and oxygen atoms in total.